The maximum atomic E-state index is 11.9. The molecular formula is C16H20IN3O. The van der Waals surface area contributed by atoms with Gasteiger partial charge >= 0.3 is 0 Å². The molecule has 4 N–H and O–H groups in total. The molecule has 1 heterocycles. The van der Waals surface area contributed by atoms with Crippen LogP contribution in [0.5, 0.6) is 0 Å². The van der Waals surface area contributed by atoms with Gasteiger partial charge < -0.3 is 16.0 Å². The lowest BCUT2D eigenvalue weighted by atomic mass is 9.99. The van der Waals surface area contributed by atoms with Crippen molar-refractivity contribution in [3.05, 3.63) is 56.9 Å². The van der Waals surface area contributed by atoms with Crippen molar-refractivity contribution in [1.29, 1.82) is 0 Å². The van der Waals surface area contributed by atoms with Crippen LogP contribution in [0.4, 0.5) is 0 Å². The van der Waals surface area contributed by atoms with E-state index in [2.05, 4.69) is 58.9 Å². The van der Waals surface area contributed by atoms with Gasteiger partial charge in [0, 0.05) is 22.4 Å². The van der Waals surface area contributed by atoms with Gasteiger partial charge in [-0.15, -0.1) is 0 Å². The molecule has 0 aliphatic rings. The van der Waals surface area contributed by atoms with Gasteiger partial charge in [-0.25, -0.2) is 0 Å². The predicted molar refractivity (Wildman–Crippen MR) is 93.3 cm³/mol. The zero-order valence-electron chi connectivity index (χ0n) is 12.2. The van der Waals surface area contributed by atoms with E-state index in [4.69, 9.17) is 5.73 Å². The van der Waals surface area contributed by atoms with Crippen molar-refractivity contribution in [2.45, 2.75) is 25.8 Å². The highest BCUT2D eigenvalue weighted by Crippen LogP contribution is 2.17. The number of rotatable bonds is 5. The average Bonchev–Trinajstić information content (AvgIpc) is 2.91. The van der Waals surface area contributed by atoms with Gasteiger partial charge in [0.25, 0.3) is 5.91 Å². The molecule has 1 amide bonds. The topological polar surface area (TPSA) is 70.9 Å². The highest BCUT2D eigenvalue weighted by molar-refractivity contribution is 14.1. The molecule has 0 aliphatic carbocycles. The molecule has 1 atom stereocenters. The molecule has 112 valence electrons. The Hall–Kier alpha value is -1.34. The number of nitrogens with one attached hydrogen (secondary N) is 2. The summed E-state index contributed by atoms with van der Waals surface area (Å²) in [5.74, 6) is 0.373. The second kappa shape index (κ2) is 7.09. The van der Waals surface area contributed by atoms with E-state index in [9.17, 15) is 4.79 Å². The molecule has 0 spiro atoms. The molecule has 0 fully saturated rings. The molecule has 21 heavy (non-hydrogen) atoms. The molecule has 1 unspecified atom stereocenters. The van der Waals surface area contributed by atoms with Crippen LogP contribution in [0.2, 0.25) is 0 Å². The summed E-state index contributed by atoms with van der Waals surface area (Å²) >= 11 is 2.16. The van der Waals surface area contributed by atoms with Crippen LogP contribution in [-0.4, -0.2) is 17.4 Å². The number of aromatic amines is 1. The van der Waals surface area contributed by atoms with E-state index in [1.54, 1.807) is 12.3 Å². The molecule has 0 saturated heterocycles. The number of benzene rings is 1. The van der Waals surface area contributed by atoms with Crippen LogP contribution in [0.1, 0.15) is 47.4 Å². The van der Waals surface area contributed by atoms with Crippen LogP contribution in [-0.2, 0) is 0 Å². The van der Waals surface area contributed by atoms with Crippen LogP contribution in [0.15, 0.2) is 36.5 Å². The third kappa shape index (κ3) is 4.31. The van der Waals surface area contributed by atoms with E-state index in [-0.39, 0.29) is 11.9 Å². The Balaban J connectivity index is 1.92. The van der Waals surface area contributed by atoms with E-state index in [1.165, 1.54) is 5.56 Å². The Bertz CT molecular complexity index is 604. The molecule has 4 nitrogen and oxygen atoms in total. The van der Waals surface area contributed by atoms with Gasteiger partial charge in [-0.1, -0.05) is 38.1 Å². The van der Waals surface area contributed by atoms with Crippen molar-refractivity contribution in [2.24, 2.45) is 5.73 Å². The largest absolute Gasteiger partial charge is 0.356 e. The maximum absolute atomic E-state index is 11.9. The first-order valence-electron chi connectivity index (χ1n) is 6.95. The van der Waals surface area contributed by atoms with E-state index in [1.807, 2.05) is 12.1 Å². The lowest BCUT2D eigenvalue weighted by molar-refractivity contribution is 0.0947. The van der Waals surface area contributed by atoms with Gasteiger partial charge in [0.15, 0.2) is 0 Å². The van der Waals surface area contributed by atoms with Gasteiger partial charge in [-0.2, -0.15) is 0 Å². The second-order valence-corrected chi connectivity index (χ2v) is 6.62. The van der Waals surface area contributed by atoms with Gasteiger partial charge in [0.2, 0.25) is 0 Å². The van der Waals surface area contributed by atoms with Crippen molar-refractivity contribution in [3.8, 4) is 0 Å². The number of halogens is 1. The first kappa shape index (κ1) is 16.0. The van der Waals surface area contributed by atoms with Gasteiger partial charge in [-0.05, 0) is 45.7 Å². The van der Waals surface area contributed by atoms with Crippen molar-refractivity contribution in [1.82, 2.24) is 10.3 Å². The lowest BCUT2D eigenvalue weighted by Crippen LogP contribution is -2.32. The first-order valence-corrected chi connectivity index (χ1v) is 8.03. The number of aromatic nitrogens is 1. The number of nitrogens with two attached hydrogens (primary N) is 1. The Morgan fingerprint density at radius 2 is 1.90 bits per heavy atom. The van der Waals surface area contributed by atoms with Crippen molar-refractivity contribution in [3.63, 3.8) is 0 Å². The van der Waals surface area contributed by atoms with Crippen molar-refractivity contribution < 1.29 is 4.79 Å². The molecule has 2 aromatic rings. The van der Waals surface area contributed by atoms with Crippen LogP contribution in [0, 0.1) is 3.57 Å². The smallest absolute Gasteiger partial charge is 0.267 e. The molecular weight excluding hydrogens is 377 g/mol. The van der Waals surface area contributed by atoms with E-state index in [0.717, 1.165) is 9.13 Å². The molecule has 0 bridgehead atoms. The molecule has 0 saturated carbocycles. The lowest BCUT2D eigenvalue weighted by Gasteiger charge is -2.14. The minimum Gasteiger partial charge on any atom is -0.356 e. The fraction of sp³-hybridized carbons (Fsp3) is 0.312. The standard InChI is InChI=1S/C16H20IN3O/c1-10(2)11-3-5-12(6-4-11)14(18)9-20-16(21)15-7-13(17)8-19-15/h3-8,10,14,19H,9,18H2,1-2H3,(H,20,21). The van der Waals surface area contributed by atoms with E-state index >= 15 is 0 Å². The van der Waals surface area contributed by atoms with Gasteiger partial charge in [0.05, 0.1) is 0 Å². The minimum absolute atomic E-state index is 0.132. The third-order valence-electron chi connectivity index (χ3n) is 3.41. The third-order valence-corrected chi connectivity index (χ3v) is 4.03. The Kier molecular flexibility index (Phi) is 5.41. The summed E-state index contributed by atoms with van der Waals surface area (Å²) in [6.07, 6.45) is 1.79. The van der Waals surface area contributed by atoms with E-state index in [0.29, 0.717) is 18.2 Å². The van der Waals surface area contributed by atoms with Crippen molar-refractivity contribution >= 4 is 28.5 Å². The predicted octanol–water partition coefficient (Wildman–Crippen LogP) is 3.17. The Labute approximate surface area is 138 Å². The highest BCUT2D eigenvalue weighted by atomic mass is 127. The highest BCUT2D eigenvalue weighted by Gasteiger charge is 2.11. The SMILES string of the molecule is CC(C)c1ccc(C(N)CNC(=O)c2cc(I)c[nH]2)cc1. The summed E-state index contributed by atoms with van der Waals surface area (Å²) < 4.78 is 1.01. The summed E-state index contributed by atoms with van der Waals surface area (Å²) in [5, 5.41) is 2.85. The van der Waals surface area contributed by atoms with Crippen LogP contribution in [0.25, 0.3) is 0 Å². The summed E-state index contributed by atoms with van der Waals surface area (Å²) in [7, 11) is 0. The number of H-pyrrole nitrogens is 1. The van der Waals surface area contributed by atoms with Crippen LogP contribution >= 0.6 is 22.6 Å². The zero-order chi connectivity index (χ0) is 15.4. The summed E-state index contributed by atoms with van der Waals surface area (Å²) in [6.45, 7) is 4.73. The Morgan fingerprint density at radius 3 is 2.43 bits per heavy atom. The summed E-state index contributed by atoms with van der Waals surface area (Å²) in [5.41, 5.74) is 9.00. The average molecular weight is 397 g/mol. The Morgan fingerprint density at radius 1 is 1.29 bits per heavy atom. The number of amides is 1. The zero-order valence-corrected chi connectivity index (χ0v) is 14.3. The molecule has 2 rings (SSSR count). The number of hydrogen-bond acceptors (Lipinski definition) is 2. The summed E-state index contributed by atoms with van der Waals surface area (Å²) in [6, 6.07) is 9.85. The molecule has 1 aromatic carbocycles. The molecule has 1 aromatic heterocycles. The minimum atomic E-state index is -0.204. The summed E-state index contributed by atoms with van der Waals surface area (Å²) in [4.78, 5) is 14.9. The second-order valence-electron chi connectivity index (χ2n) is 5.37. The quantitative estimate of drug-likeness (QED) is 0.679. The fourth-order valence-electron chi connectivity index (χ4n) is 2.04. The number of hydrogen-bond donors (Lipinski definition) is 3. The van der Waals surface area contributed by atoms with E-state index < -0.39 is 0 Å². The first-order chi connectivity index (χ1) is 9.97. The number of carbonyl (C=O) groups is 1. The molecule has 5 heteroatoms. The van der Waals surface area contributed by atoms with Crippen LogP contribution < -0.4 is 11.1 Å². The van der Waals surface area contributed by atoms with Gasteiger partial charge in [-0.3, -0.25) is 4.79 Å². The van der Waals surface area contributed by atoms with Gasteiger partial charge in [0.1, 0.15) is 5.69 Å². The normalized spacial score (nSPS) is 12.4. The maximum Gasteiger partial charge on any atom is 0.267 e. The number of carbonyl (C=O) groups excluding carboxylic acids is 1. The molecule has 0 radical (unpaired) electrons. The fourth-order valence-corrected chi connectivity index (χ4v) is 2.51. The van der Waals surface area contributed by atoms with Crippen molar-refractivity contribution in [2.75, 3.05) is 6.54 Å². The monoisotopic (exact) mass is 397 g/mol. The van der Waals surface area contributed by atoms with Crippen LogP contribution in [0.3, 0.4) is 0 Å². The molecule has 0 aliphatic heterocycles.